The first-order valence-electron chi connectivity index (χ1n) is 7.96. The summed E-state index contributed by atoms with van der Waals surface area (Å²) in [4.78, 5) is 25.6. The third-order valence-corrected chi connectivity index (χ3v) is 5.02. The van der Waals surface area contributed by atoms with Crippen molar-refractivity contribution in [3.63, 3.8) is 0 Å². The van der Waals surface area contributed by atoms with Gasteiger partial charge in [0.25, 0.3) is 15.9 Å². The molecule has 0 aliphatic heterocycles. The number of hydrogen-bond acceptors (Lipinski definition) is 7. The molecular weight excluding hydrogens is 388 g/mol. The first kappa shape index (κ1) is 21.2. The summed E-state index contributed by atoms with van der Waals surface area (Å²) in [5.41, 5.74) is 2.43. The fourth-order valence-electron chi connectivity index (χ4n) is 2.34. The summed E-state index contributed by atoms with van der Waals surface area (Å²) in [5.74, 6) is -0.250. The number of benzene rings is 2. The Kier molecular flexibility index (Phi) is 6.60. The van der Waals surface area contributed by atoms with E-state index < -0.39 is 15.9 Å². The zero-order chi connectivity index (χ0) is 20.9. The molecule has 150 valence electrons. The van der Waals surface area contributed by atoms with Gasteiger partial charge in [0.2, 0.25) is 5.75 Å². The summed E-state index contributed by atoms with van der Waals surface area (Å²) >= 11 is 0. The maximum absolute atomic E-state index is 12.4. The highest BCUT2D eigenvalue weighted by Gasteiger charge is 2.20. The van der Waals surface area contributed by atoms with Crippen LogP contribution in [0.1, 0.15) is 27.6 Å². The number of hydrogen-bond donors (Lipinski definition) is 2. The summed E-state index contributed by atoms with van der Waals surface area (Å²) in [6, 6.07) is 8.21. The van der Waals surface area contributed by atoms with Gasteiger partial charge >= 0.3 is 0 Å². The number of ketones is 1. The van der Waals surface area contributed by atoms with Gasteiger partial charge in [0.1, 0.15) is 0 Å². The van der Waals surface area contributed by atoms with E-state index >= 15 is 0 Å². The lowest BCUT2D eigenvalue weighted by molar-refractivity contribution is 0.0943. The monoisotopic (exact) mass is 408 g/mol. The Labute approximate surface area is 162 Å². The van der Waals surface area contributed by atoms with Crippen LogP contribution in [0.15, 0.2) is 41.3 Å². The SMILES string of the molecule is COc1cc(C(=O)NNS(=O)(=O)c2cccc(C(C)=O)c2)cc(OC)c1OC. The third-order valence-electron chi connectivity index (χ3n) is 3.78. The van der Waals surface area contributed by atoms with Crippen molar-refractivity contribution in [3.05, 3.63) is 47.5 Å². The lowest BCUT2D eigenvalue weighted by atomic mass is 10.1. The zero-order valence-electron chi connectivity index (χ0n) is 15.7. The number of rotatable bonds is 8. The molecule has 0 heterocycles. The van der Waals surface area contributed by atoms with Crippen LogP contribution in [0.4, 0.5) is 0 Å². The fraction of sp³-hybridized carbons (Fsp3) is 0.222. The van der Waals surface area contributed by atoms with E-state index in [4.69, 9.17) is 14.2 Å². The van der Waals surface area contributed by atoms with Gasteiger partial charge in [-0.3, -0.25) is 15.0 Å². The van der Waals surface area contributed by atoms with Crippen molar-refractivity contribution in [2.45, 2.75) is 11.8 Å². The van der Waals surface area contributed by atoms with Crippen molar-refractivity contribution in [2.24, 2.45) is 0 Å². The van der Waals surface area contributed by atoms with Crippen molar-refractivity contribution in [3.8, 4) is 17.2 Å². The molecule has 2 aromatic rings. The molecule has 0 aliphatic rings. The smallest absolute Gasteiger partial charge is 0.266 e. The fourth-order valence-corrected chi connectivity index (χ4v) is 3.22. The van der Waals surface area contributed by atoms with Gasteiger partial charge in [0, 0.05) is 11.1 Å². The zero-order valence-corrected chi connectivity index (χ0v) is 16.5. The summed E-state index contributed by atoms with van der Waals surface area (Å²) in [5, 5.41) is 0. The van der Waals surface area contributed by atoms with Gasteiger partial charge in [-0.05, 0) is 31.2 Å². The molecule has 1 amide bonds. The molecule has 2 rings (SSSR count). The van der Waals surface area contributed by atoms with Gasteiger partial charge in [-0.25, -0.2) is 8.42 Å². The molecule has 28 heavy (non-hydrogen) atoms. The Hall–Kier alpha value is -3.11. The number of Topliss-reactive ketones (excluding diaryl/α,β-unsaturated/α-hetero) is 1. The number of sulfonamides is 1. The van der Waals surface area contributed by atoms with Crippen LogP contribution in [0.25, 0.3) is 0 Å². The maximum Gasteiger partial charge on any atom is 0.266 e. The van der Waals surface area contributed by atoms with Crippen LogP contribution in [0.2, 0.25) is 0 Å². The molecule has 0 bridgehead atoms. The second-order valence-electron chi connectivity index (χ2n) is 5.56. The van der Waals surface area contributed by atoms with E-state index in [0.29, 0.717) is 5.75 Å². The highest BCUT2D eigenvalue weighted by atomic mass is 32.2. The van der Waals surface area contributed by atoms with Crippen LogP contribution in [0.3, 0.4) is 0 Å². The molecule has 0 spiro atoms. The molecule has 0 saturated heterocycles. The molecule has 2 aromatic carbocycles. The quantitative estimate of drug-likeness (QED) is 0.502. The molecule has 0 unspecified atom stereocenters. The molecular formula is C18H20N2O7S. The number of hydrazine groups is 1. The predicted molar refractivity (Wildman–Crippen MR) is 100 cm³/mol. The van der Waals surface area contributed by atoms with E-state index in [2.05, 4.69) is 5.43 Å². The molecule has 0 atom stereocenters. The number of nitrogens with one attached hydrogen (secondary N) is 2. The Morgan fingerprint density at radius 2 is 1.50 bits per heavy atom. The summed E-state index contributed by atoms with van der Waals surface area (Å²) < 4.78 is 40.3. The Bertz CT molecular complexity index is 978. The average Bonchev–Trinajstić information content (AvgIpc) is 2.70. The number of methoxy groups -OCH3 is 3. The van der Waals surface area contributed by atoms with E-state index in [1.54, 1.807) is 0 Å². The molecule has 0 aliphatic carbocycles. The van der Waals surface area contributed by atoms with Crippen molar-refractivity contribution in [1.82, 2.24) is 10.3 Å². The first-order valence-corrected chi connectivity index (χ1v) is 9.45. The number of carbonyl (C=O) groups excluding carboxylic acids is 2. The molecule has 10 heteroatoms. The predicted octanol–water partition coefficient (Wildman–Crippen LogP) is 1.54. The van der Waals surface area contributed by atoms with E-state index in [0.717, 1.165) is 0 Å². The minimum absolute atomic E-state index is 0.0784. The van der Waals surface area contributed by atoms with Gasteiger partial charge in [-0.1, -0.05) is 12.1 Å². The van der Waals surface area contributed by atoms with Crippen LogP contribution in [-0.4, -0.2) is 41.4 Å². The molecule has 9 nitrogen and oxygen atoms in total. The van der Waals surface area contributed by atoms with Gasteiger partial charge in [-0.15, -0.1) is 4.83 Å². The highest BCUT2D eigenvalue weighted by molar-refractivity contribution is 7.89. The lowest BCUT2D eigenvalue weighted by Crippen LogP contribution is -2.41. The van der Waals surface area contributed by atoms with Crippen LogP contribution < -0.4 is 24.5 Å². The minimum Gasteiger partial charge on any atom is -0.493 e. The Morgan fingerprint density at radius 3 is 2.00 bits per heavy atom. The first-order chi connectivity index (χ1) is 13.2. The number of carbonyl (C=O) groups is 2. The summed E-state index contributed by atoms with van der Waals surface area (Å²) in [6.45, 7) is 1.32. The Morgan fingerprint density at radius 1 is 0.893 bits per heavy atom. The van der Waals surface area contributed by atoms with Gasteiger partial charge in [-0.2, -0.15) is 0 Å². The standard InChI is InChI=1S/C18H20N2O7S/c1-11(21)12-6-5-7-14(8-12)28(23,24)20-19-18(22)13-9-15(25-2)17(27-4)16(10-13)26-3/h5-10,20H,1-4H3,(H,19,22). The molecule has 0 fully saturated rings. The highest BCUT2D eigenvalue weighted by Crippen LogP contribution is 2.38. The molecule has 0 radical (unpaired) electrons. The van der Waals surface area contributed by atoms with E-state index in [9.17, 15) is 18.0 Å². The van der Waals surface area contributed by atoms with E-state index in [1.165, 1.54) is 64.7 Å². The minimum atomic E-state index is -4.08. The second kappa shape index (κ2) is 8.72. The van der Waals surface area contributed by atoms with Crippen molar-refractivity contribution >= 4 is 21.7 Å². The van der Waals surface area contributed by atoms with Crippen LogP contribution >= 0.6 is 0 Å². The van der Waals surface area contributed by atoms with Crippen LogP contribution in [0.5, 0.6) is 17.2 Å². The average molecular weight is 408 g/mol. The van der Waals surface area contributed by atoms with E-state index in [-0.39, 0.29) is 33.3 Å². The number of amides is 1. The van der Waals surface area contributed by atoms with Crippen LogP contribution in [-0.2, 0) is 10.0 Å². The van der Waals surface area contributed by atoms with Gasteiger partial charge < -0.3 is 14.2 Å². The largest absolute Gasteiger partial charge is 0.493 e. The Balaban J connectivity index is 2.24. The topological polar surface area (TPSA) is 120 Å². The van der Waals surface area contributed by atoms with Crippen molar-refractivity contribution < 1.29 is 32.2 Å². The lowest BCUT2D eigenvalue weighted by Gasteiger charge is -2.14. The number of ether oxygens (including phenoxy) is 3. The second-order valence-corrected chi connectivity index (χ2v) is 7.24. The van der Waals surface area contributed by atoms with E-state index in [1.807, 2.05) is 4.83 Å². The molecule has 0 saturated carbocycles. The third kappa shape index (κ3) is 4.59. The van der Waals surface area contributed by atoms with Gasteiger partial charge in [0.05, 0.1) is 26.2 Å². The van der Waals surface area contributed by atoms with Crippen LogP contribution in [0, 0.1) is 0 Å². The normalized spacial score (nSPS) is 10.9. The molecule has 0 aromatic heterocycles. The maximum atomic E-state index is 12.4. The van der Waals surface area contributed by atoms with Gasteiger partial charge in [0.15, 0.2) is 17.3 Å². The molecule has 2 N–H and O–H groups in total. The summed E-state index contributed by atoms with van der Waals surface area (Å²) in [6.07, 6.45) is 0. The van der Waals surface area contributed by atoms with Crippen molar-refractivity contribution in [2.75, 3.05) is 21.3 Å². The van der Waals surface area contributed by atoms with Crippen molar-refractivity contribution in [1.29, 1.82) is 0 Å². The summed E-state index contributed by atoms with van der Waals surface area (Å²) in [7, 11) is 0.120.